The molecule has 0 spiro atoms. The zero-order chi connectivity index (χ0) is 14.1. The monoisotopic (exact) mass is 263 g/mol. The number of nitrogens with one attached hydrogen (secondary N) is 1. The summed E-state index contributed by atoms with van der Waals surface area (Å²) in [5, 5.41) is 3.51. The Hall–Kier alpha value is -1.48. The zero-order valence-electron chi connectivity index (χ0n) is 12.2. The van der Waals surface area contributed by atoms with Gasteiger partial charge in [-0.1, -0.05) is 12.1 Å². The molecule has 3 nitrogen and oxygen atoms in total. The SMILES string of the molecule is C=CCCC(C)NCCc1ccc(OC)c(OC)c1. The molecule has 19 heavy (non-hydrogen) atoms. The molecule has 1 aromatic rings. The molecule has 3 heteroatoms. The van der Waals surface area contributed by atoms with Gasteiger partial charge in [0.05, 0.1) is 14.2 Å². The van der Waals surface area contributed by atoms with Crippen LogP contribution >= 0.6 is 0 Å². The van der Waals surface area contributed by atoms with E-state index in [2.05, 4.69) is 24.9 Å². The van der Waals surface area contributed by atoms with Crippen molar-refractivity contribution < 1.29 is 9.47 Å². The maximum atomic E-state index is 5.30. The number of hydrogen-bond acceptors (Lipinski definition) is 3. The molecule has 106 valence electrons. The number of methoxy groups -OCH3 is 2. The topological polar surface area (TPSA) is 30.5 Å². The highest BCUT2D eigenvalue weighted by molar-refractivity contribution is 5.42. The van der Waals surface area contributed by atoms with Gasteiger partial charge in [-0.25, -0.2) is 0 Å². The Balaban J connectivity index is 2.43. The Kier molecular flexibility index (Phi) is 7.04. The van der Waals surface area contributed by atoms with Crippen LogP contribution in [-0.2, 0) is 6.42 Å². The lowest BCUT2D eigenvalue weighted by Gasteiger charge is -2.13. The summed E-state index contributed by atoms with van der Waals surface area (Å²) in [6, 6.07) is 6.60. The van der Waals surface area contributed by atoms with E-state index in [-0.39, 0.29) is 0 Å². The first-order valence-corrected chi connectivity index (χ1v) is 6.76. The predicted octanol–water partition coefficient (Wildman–Crippen LogP) is 3.19. The van der Waals surface area contributed by atoms with Gasteiger partial charge in [-0.05, 0) is 50.4 Å². The van der Waals surface area contributed by atoms with Crippen LogP contribution in [0, 0.1) is 0 Å². The highest BCUT2D eigenvalue weighted by Crippen LogP contribution is 2.27. The third-order valence-corrected chi connectivity index (χ3v) is 3.16. The summed E-state index contributed by atoms with van der Waals surface area (Å²) < 4.78 is 10.5. The predicted molar refractivity (Wildman–Crippen MR) is 80.1 cm³/mol. The zero-order valence-corrected chi connectivity index (χ0v) is 12.2. The van der Waals surface area contributed by atoms with Gasteiger partial charge in [0, 0.05) is 6.04 Å². The summed E-state index contributed by atoms with van der Waals surface area (Å²) in [5.41, 5.74) is 1.25. The van der Waals surface area contributed by atoms with Crippen molar-refractivity contribution >= 4 is 0 Å². The van der Waals surface area contributed by atoms with E-state index in [1.165, 1.54) is 5.56 Å². The molecule has 1 atom stereocenters. The van der Waals surface area contributed by atoms with Crippen LogP contribution in [0.3, 0.4) is 0 Å². The van der Waals surface area contributed by atoms with Crippen molar-refractivity contribution in [3.8, 4) is 11.5 Å². The van der Waals surface area contributed by atoms with Crippen molar-refractivity contribution in [3.05, 3.63) is 36.4 Å². The third-order valence-electron chi connectivity index (χ3n) is 3.16. The summed E-state index contributed by atoms with van der Waals surface area (Å²) in [4.78, 5) is 0. The van der Waals surface area contributed by atoms with Crippen LogP contribution in [0.15, 0.2) is 30.9 Å². The van der Waals surface area contributed by atoms with Gasteiger partial charge in [-0.15, -0.1) is 6.58 Å². The Morgan fingerprint density at radius 3 is 2.63 bits per heavy atom. The maximum absolute atomic E-state index is 5.30. The van der Waals surface area contributed by atoms with E-state index in [4.69, 9.17) is 9.47 Å². The van der Waals surface area contributed by atoms with E-state index < -0.39 is 0 Å². The summed E-state index contributed by atoms with van der Waals surface area (Å²) in [5.74, 6) is 1.57. The average molecular weight is 263 g/mol. The largest absolute Gasteiger partial charge is 0.493 e. The first kappa shape index (κ1) is 15.6. The molecular formula is C16H25NO2. The van der Waals surface area contributed by atoms with Gasteiger partial charge in [0.25, 0.3) is 0 Å². The fourth-order valence-corrected chi connectivity index (χ4v) is 1.97. The number of rotatable bonds is 9. The molecule has 1 N–H and O–H groups in total. The van der Waals surface area contributed by atoms with E-state index in [1.54, 1.807) is 14.2 Å². The lowest BCUT2D eigenvalue weighted by atomic mass is 10.1. The normalized spacial score (nSPS) is 11.9. The molecule has 1 rings (SSSR count). The van der Waals surface area contributed by atoms with Crippen LogP contribution in [-0.4, -0.2) is 26.8 Å². The fourth-order valence-electron chi connectivity index (χ4n) is 1.97. The van der Waals surface area contributed by atoms with Gasteiger partial charge in [-0.2, -0.15) is 0 Å². The minimum atomic E-state index is 0.526. The molecule has 0 amide bonds. The van der Waals surface area contributed by atoms with Crippen LogP contribution in [0.1, 0.15) is 25.3 Å². The van der Waals surface area contributed by atoms with E-state index in [1.807, 2.05) is 18.2 Å². The van der Waals surface area contributed by atoms with E-state index in [9.17, 15) is 0 Å². The van der Waals surface area contributed by atoms with Crippen LogP contribution in [0.4, 0.5) is 0 Å². The summed E-state index contributed by atoms with van der Waals surface area (Å²) in [6.45, 7) is 6.91. The van der Waals surface area contributed by atoms with Crippen molar-refractivity contribution in [2.45, 2.75) is 32.2 Å². The Morgan fingerprint density at radius 2 is 2.00 bits per heavy atom. The molecule has 0 aromatic heterocycles. The van der Waals surface area contributed by atoms with E-state index >= 15 is 0 Å². The van der Waals surface area contributed by atoms with Gasteiger partial charge in [-0.3, -0.25) is 0 Å². The minimum absolute atomic E-state index is 0.526. The fraction of sp³-hybridized carbons (Fsp3) is 0.500. The Bertz CT molecular complexity index is 390. The second kappa shape index (κ2) is 8.59. The molecule has 0 aliphatic heterocycles. The molecule has 0 bridgehead atoms. The number of benzene rings is 1. The molecule has 0 saturated heterocycles. The molecule has 0 fully saturated rings. The quantitative estimate of drug-likeness (QED) is 0.694. The molecule has 0 aliphatic rings. The van der Waals surface area contributed by atoms with Gasteiger partial charge in [0.2, 0.25) is 0 Å². The molecule has 0 saturated carbocycles. The lowest BCUT2D eigenvalue weighted by molar-refractivity contribution is 0.354. The highest BCUT2D eigenvalue weighted by atomic mass is 16.5. The first-order chi connectivity index (χ1) is 9.21. The minimum Gasteiger partial charge on any atom is -0.493 e. The van der Waals surface area contributed by atoms with Crippen LogP contribution in [0.5, 0.6) is 11.5 Å². The molecule has 1 aromatic carbocycles. The maximum Gasteiger partial charge on any atom is 0.160 e. The molecule has 0 aliphatic carbocycles. The second-order valence-corrected chi connectivity index (χ2v) is 4.66. The van der Waals surface area contributed by atoms with Crippen molar-refractivity contribution in [1.29, 1.82) is 0 Å². The molecule has 1 unspecified atom stereocenters. The van der Waals surface area contributed by atoms with Gasteiger partial charge in [0.15, 0.2) is 11.5 Å². The summed E-state index contributed by atoms with van der Waals surface area (Å²) >= 11 is 0. The molecule has 0 heterocycles. The second-order valence-electron chi connectivity index (χ2n) is 4.66. The summed E-state index contributed by atoms with van der Waals surface area (Å²) in [7, 11) is 3.32. The van der Waals surface area contributed by atoms with Crippen LogP contribution < -0.4 is 14.8 Å². The number of ether oxygens (including phenoxy) is 2. The smallest absolute Gasteiger partial charge is 0.160 e. The molecule has 0 radical (unpaired) electrons. The van der Waals surface area contributed by atoms with Gasteiger partial charge in [0.1, 0.15) is 0 Å². The highest BCUT2D eigenvalue weighted by Gasteiger charge is 2.05. The van der Waals surface area contributed by atoms with Crippen molar-refractivity contribution in [2.75, 3.05) is 20.8 Å². The number of allylic oxidation sites excluding steroid dienone is 1. The first-order valence-electron chi connectivity index (χ1n) is 6.76. The summed E-state index contributed by atoms with van der Waals surface area (Å²) in [6.07, 6.45) is 5.14. The van der Waals surface area contributed by atoms with Crippen LogP contribution in [0.25, 0.3) is 0 Å². The van der Waals surface area contributed by atoms with Crippen molar-refractivity contribution in [3.63, 3.8) is 0 Å². The average Bonchev–Trinajstić information content (AvgIpc) is 2.44. The third kappa shape index (κ3) is 5.35. The van der Waals surface area contributed by atoms with E-state index in [0.29, 0.717) is 6.04 Å². The van der Waals surface area contributed by atoms with Gasteiger partial charge >= 0.3 is 0 Å². The van der Waals surface area contributed by atoms with E-state index in [0.717, 1.165) is 37.3 Å². The number of hydrogen-bond donors (Lipinski definition) is 1. The Morgan fingerprint density at radius 1 is 1.26 bits per heavy atom. The standard InChI is InChI=1S/C16H25NO2/c1-5-6-7-13(2)17-11-10-14-8-9-15(18-3)16(12-14)19-4/h5,8-9,12-13,17H,1,6-7,10-11H2,2-4H3. The Labute approximate surface area is 116 Å². The lowest BCUT2D eigenvalue weighted by Crippen LogP contribution is -2.27. The van der Waals surface area contributed by atoms with Gasteiger partial charge < -0.3 is 14.8 Å². The van der Waals surface area contributed by atoms with Crippen LogP contribution in [0.2, 0.25) is 0 Å². The van der Waals surface area contributed by atoms with Crippen molar-refractivity contribution in [2.24, 2.45) is 0 Å². The molecular weight excluding hydrogens is 238 g/mol. The van der Waals surface area contributed by atoms with Crippen molar-refractivity contribution in [1.82, 2.24) is 5.32 Å².